The molecule has 1 aliphatic carbocycles. The second kappa shape index (κ2) is 19.2. The number of amides is 4. The summed E-state index contributed by atoms with van der Waals surface area (Å²) in [4.78, 5) is 95.1. The molecule has 4 N–H and O–H groups in total. The molecule has 0 bridgehead atoms. The van der Waals surface area contributed by atoms with Crippen LogP contribution in [0.3, 0.4) is 0 Å². The normalized spacial score (nSPS) is 17.0. The Hall–Kier alpha value is -7.32. The minimum Gasteiger partial charge on any atom is -0.493 e. The molecule has 4 amide bonds. The summed E-state index contributed by atoms with van der Waals surface area (Å²) in [6.07, 6.45) is 1.30. The molecule has 346 valence electrons. The summed E-state index contributed by atoms with van der Waals surface area (Å²) < 4.78 is 28.7. The average Bonchev–Trinajstić information content (AvgIpc) is 3.95. The first-order chi connectivity index (χ1) is 30.8. The number of benzene rings is 2. The molecule has 3 heterocycles. The standard InChI is InChI=1S/C45H51N5O15/c1-23-10-26(20-51)49(17-23)41(55)28-12-33(59-7)35(14-30(28)46-43(57)62-22-25-19-48(6)39-32(53)16-37(61-9)40(54)38(25)39)64-65-36-15-31(47-44(58)63-45(3,4)5)29(13-34(36)60-8)42(56)50-18-24(2)11-27(50)21-52/h12-16,19,26-27,51-52H,1-2,10-11,17-18,20-22H2,3-9H3,(H,46,57)(H,47,58)/t26-,27-/m0/s1. The molecule has 20 nitrogen and oxygen atoms in total. The number of aryl methyl sites for hydroxylation is 1. The van der Waals surface area contributed by atoms with Gasteiger partial charge >= 0.3 is 12.2 Å². The van der Waals surface area contributed by atoms with Crippen LogP contribution in [0.4, 0.5) is 21.0 Å². The molecule has 2 atom stereocenters. The van der Waals surface area contributed by atoms with Crippen LogP contribution in [0, 0.1) is 0 Å². The number of fused-ring (bicyclic) bond motifs is 1. The number of aliphatic hydroxyl groups is 2. The van der Waals surface area contributed by atoms with Crippen molar-refractivity contribution in [3.05, 3.63) is 94.5 Å². The lowest BCUT2D eigenvalue weighted by Crippen LogP contribution is -2.38. The van der Waals surface area contributed by atoms with Crippen LogP contribution in [0.25, 0.3) is 0 Å². The molecule has 1 aromatic heterocycles. The summed E-state index contributed by atoms with van der Waals surface area (Å²) in [5, 5.41) is 25.2. The lowest BCUT2D eigenvalue weighted by molar-refractivity contribution is -0.103. The second-order valence-corrected chi connectivity index (χ2v) is 16.4. The van der Waals surface area contributed by atoms with Crippen LogP contribution in [0.5, 0.6) is 23.0 Å². The number of ketones is 2. The maximum atomic E-state index is 14.2. The summed E-state index contributed by atoms with van der Waals surface area (Å²) in [6, 6.07) is 3.90. The fourth-order valence-corrected chi connectivity index (χ4v) is 7.67. The lowest BCUT2D eigenvalue weighted by atomic mass is 9.97. The first-order valence-electron chi connectivity index (χ1n) is 20.2. The minimum absolute atomic E-state index is 0.00990. The molecule has 6 rings (SSSR count). The third-order valence-electron chi connectivity index (χ3n) is 10.6. The van der Waals surface area contributed by atoms with E-state index in [1.54, 1.807) is 27.8 Å². The Bertz CT molecular complexity index is 2500. The van der Waals surface area contributed by atoms with Gasteiger partial charge in [-0.15, -0.1) is 0 Å². The molecule has 0 radical (unpaired) electrons. The molecule has 0 spiro atoms. The summed E-state index contributed by atoms with van der Waals surface area (Å²) in [5.74, 6) is -2.86. The zero-order valence-corrected chi connectivity index (χ0v) is 37.0. The van der Waals surface area contributed by atoms with Crippen molar-refractivity contribution in [2.45, 2.75) is 57.9 Å². The number of hydrogen-bond acceptors (Lipinski definition) is 15. The number of aromatic nitrogens is 1. The van der Waals surface area contributed by atoms with Gasteiger partial charge in [-0.3, -0.25) is 39.6 Å². The van der Waals surface area contributed by atoms with Crippen LogP contribution >= 0.6 is 0 Å². The van der Waals surface area contributed by atoms with Crippen LogP contribution < -0.4 is 29.9 Å². The number of Topliss-reactive ketones (excluding diaryl/α,β-unsaturated/α-hetero) is 1. The van der Waals surface area contributed by atoms with Gasteiger partial charge in [0, 0.05) is 50.1 Å². The van der Waals surface area contributed by atoms with E-state index in [0.29, 0.717) is 18.4 Å². The topological polar surface area (TPSA) is 243 Å². The zero-order valence-electron chi connectivity index (χ0n) is 37.0. The van der Waals surface area contributed by atoms with Crippen LogP contribution in [-0.4, -0.2) is 125 Å². The molecule has 0 saturated carbocycles. The van der Waals surface area contributed by atoms with Gasteiger partial charge in [-0.25, -0.2) is 9.59 Å². The van der Waals surface area contributed by atoms with Crippen molar-refractivity contribution < 1.29 is 72.4 Å². The molecule has 2 fully saturated rings. The number of rotatable bonds is 14. The molecule has 20 heteroatoms. The molecule has 2 saturated heterocycles. The molecule has 2 aromatic carbocycles. The summed E-state index contributed by atoms with van der Waals surface area (Å²) in [6.45, 7) is 12.0. The monoisotopic (exact) mass is 901 g/mol. The largest absolute Gasteiger partial charge is 0.493 e. The van der Waals surface area contributed by atoms with Gasteiger partial charge < -0.3 is 48.3 Å². The van der Waals surface area contributed by atoms with Crippen molar-refractivity contribution in [2.75, 3.05) is 58.3 Å². The molecular weight excluding hydrogens is 851 g/mol. The van der Waals surface area contributed by atoms with E-state index in [1.165, 1.54) is 66.2 Å². The maximum Gasteiger partial charge on any atom is 0.412 e. The molecule has 3 aliphatic rings. The molecule has 3 aromatic rings. The first-order valence-corrected chi connectivity index (χ1v) is 20.2. The fourth-order valence-electron chi connectivity index (χ4n) is 7.67. The van der Waals surface area contributed by atoms with Crippen LogP contribution in [0.15, 0.2) is 66.6 Å². The number of carbonyl (C=O) groups is 6. The molecule has 65 heavy (non-hydrogen) atoms. The Balaban J connectivity index is 1.34. The highest BCUT2D eigenvalue weighted by atomic mass is 17.2. The third-order valence-corrected chi connectivity index (χ3v) is 10.6. The van der Waals surface area contributed by atoms with Gasteiger partial charge in [0.25, 0.3) is 11.8 Å². The molecular formula is C45H51N5O15. The SMILES string of the molecule is C=C1C[C@@H](CO)N(C(=O)c2cc(OC)c(OOc3cc(NC(=O)OC(C)(C)C)c(C(=O)N4CC(=C)C[C@H]4CO)cc3OC)cc2NC(=O)OCc2cn(C)c3c2C(=O)C(OC)=CC3=O)C1. The number of ether oxygens (including phenoxy) is 5. The quantitative estimate of drug-likeness (QED) is 0.0951. The van der Waals surface area contributed by atoms with E-state index in [4.69, 9.17) is 33.5 Å². The van der Waals surface area contributed by atoms with Crippen molar-refractivity contribution in [1.82, 2.24) is 14.4 Å². The highest BCUT2D eigenvalue weighted by Crippen LogP contribution is 2.40. The van der Waals surface area contributed by atoms with Crippen molar-refractivity contribution >= 4 is 46.9 Å². The van der Waals surface area contributed by atoms with Crippen molar-refractivity contribution in [2.24, 2.45) is 7.05 Å². The van der Waals surface area contributed by atoms with E-state index in [2.05, 4.69) is 23.8 Å². The average molecular weight is 902 g/mol. The predicted molar refractivity (Wildman–Crippen MR) is 231 cm³/mol. The van der Waals surface area contributed by atoms with Crippen LogP contribution in [0.1, 0.15) is 80.7 Å². The number of carbonyl (C=O) groups excluding carboxylic acids is 6. The number of methoxy groups -OCH3 is 3. The first kappa shape index (κ1) is 47.2. The van der Waals surface area contributed by atoms with Gasteiger partial charge in [-0.1, -0.05) is 24.3 Å². The Labute approximate surface area is 373 Å². The third kappa shape index (κ3) is 10.1. The van der Waals surface area contributed by atoms with Gasteiger partial charge in [0.05, 0.1) is 74.7 Å². The number of hydrogen-bond donors (Lipinski definition) is 4. The Morgan fingerprint density at radius 1 is 0.754 bits per heavy atom. The summed E-state index contributed by atoms with van der Waals surface area (Å²) >= 11 is 0. The second-order valence-electron chi connectivity index (χ2n) is 16.4. The maximum absolute atomic E-state index is 14.2. The van der Waals surface area contributed by atoms with Gasteiger partial charge in [0.15, 0.2) is 17.3 Å². The zero-order chi connectivity index (χ0) is 47.5. The molecule has 2 aliphatic heterocycles. The number of nitrogens with one attached hydrogen (secondary N) is 2. The van der Waals surface area contributed by atoms with Crippen molar-refractivity contribution in [1.29, 1.82) is 0 Å². The Morgan fingerprint density at radius 3 is 1.69 bits per heavy atom. The van der Waals surface area contributed by atoms with E-state index >= 15 is 0 Å². The van der Waals surface area contributed by atoms with E-state index in [-0.39, 0.29) is 94.4 Å². The van der Waals surface area contributed by atoms with E-state index < -0.39 is 59.9 Å². The highest BCUT2D eigenvalue weighted by molar-refractivity contribution is 6.24. The highest BCUT2D eigenvalue weighted by Gasteiger charge is 2.36. The van der Waals surface area contributed by atoms with Crippen molar-refractivity contribution in [3.8, 4) is 23.0 Å². The van der Waals surface area contributed by atoms with Crippen LogP contribution in [-0.2, 0) is 27.9 Å². The number of allylic oxidation sites excluding steroid dienone is 2. The van der Waals surface area contributed by atoms with E-state index in [9.17, 15) is 39.0 Å². The van der Waals surface area contributed by atoms with E-state index in [1.807, 2.05) is 0 Å². The Kier molecular flexibility index (Phi) is 13.9. The van der Waals surface area contributed by atoms with Gasteiger partial charge in [0.1, 0.15) is 17.9 Å². The molecule has 0 unspecified atom stereocenters. The smallest absolute Gasteiger partial charge is 0.412 e. The van der Waals surface area contributed by atoms with Gasteiger partial charge in [-0.2, -0.15) is 0 Å². The fraction of sp³-hybridized carbons (Fsp3) is 0.378. The van der Waals surface area contributed by atoms with E-state index in [0.717, 1.165) is 11.6 Å². The number of likely N-dealkylation sites (tertiary alicyclic amines) is 2. The predicted octanol–water partition coefficient (Wildman–Crippen LogP) is 4.95. The van der Waals surface area contributed by atoms with Gasteiger partial charge in [0.2, 0.25) is 23.1 Å². The summed E-state index contributed by atoms with van der Waals surface area (Å²) in [7, 11) is 5.41. The number of nitrogens with zero attached hydrogens (tertiary/aromatic N) is 3. The Morgan fingerprint density at radius 2 is 1.25 bits per heavy atom. The van der Waals surface area contributed by atoms with Crippen molar-refractivity contribution in [3.63, 3.8) is 0 Å². The number of anilines is 2. The minimum atomic E-state index is -1.08. The lowest BCUT2D eigenvalue weighted by Gasteiger charge is -2.25. The summed E-state index contributed by atoms with van der Waals surface area (Å²) in [5.41, 5.74) is 0.447. The van der Waals surface area contributed by atoms with Gasteiger partial charge in [-0.05, 0) is 45.7 Å². The number of aliphatic hydroxyl groups excluding tert-OH is 2. The van der Waals surface area contributed by atoms with Crippen LogP contribution in [0.2, 0.25) is 0 Å².